The smallest absolute Gasteiger partial charge is 0.433 e. The van der Waals surface area contributed by atoms with E-state index in [1.165, 1.54) is 18.5 Å². The second-order valence-corrected chi connectivity index (χ2v) is 10.3. The number of hydrogen-bond acceptors (Lipinski definition) is 6. The Kier molecular flexibility index (Phi) is 6.28. The molecule has 4 rings (SSSR count). The van der Waals surface area contributed by atoms with Crippen LogP contribution in [0.2, 0.25) is 0 Å². The molecule has 1 amide bonds. The second-order valence-electron chi connectivity index (χ2n) is 10.3. The Morgan fingerprint density at radius 2 is 1.83 bits per heavy atom. The van der Waals surface area contributed by atoms with Gasteiger partial charge in [0.15, 0.2) is 5.78 Å². The Labute approximate surface area is 204 Å². The lowest BCUT2D eigenvalue weighted by molar-refractivity contribution is -0.141. The predicted octanol–water partition coefficient (Wildman–Crippen LogP) is 5.09. The zero-order valence-corrected chi connectivity index (χ0v) is 19.9. The van der Waals surface area contributed by atoms with Gasteiger partial charge in [-0.15, -0.1) is 0 Å². The quantitative estimate of drug-likeness (QED) is 0.519. The first-order valence-corrected chi connectivity index (χ1v) is 11.3. The van der Waals surface area contributed by atoms with E-state index in [0.29, 0.717) is 17.0 Å². The lowest BCUT2D eigenvalue weighted by Gasteiger charge is -2.28. The number of ketones is 1. The van der Waals surface area contributed by atoms with E-state index in [9.17, 15) is 31.5 Å². The van der Waals surface area contributed by atoms with Gasteiger partial charge in [-0.25, -0.2) is 23.5 Å². The van der Waals surface area contributed by atoms with Crippen molar-refractivity contribution in [1.82, 2.24) is 19.9 Å². The first kappa shape index (κ1) is 25.9. The van der Waals surface area contributed by atoms with Crippen molar-refractivity contribution in [2.24, 2.45) is 5.41 Å². The van der Waals surface area contributed by atoms with Gasteiger partial charge in [0.25, 0.3) is 5.92 Å². The minimum atomic E-state index is -4.56. The van der Waals surface area contributed by atoms with Crippen molar-refractivity contribution in [1.29, 1.82) is 0 Å². The molecule has 0 aromatic carbocycles. The number of aryl methyl sites for hydroxylation is 1. The fourth-order valence-electron chi connectivity index (χ4n) is 4.38. The number of rotatable bonds is 5. The van der Waals surface area contributed by atoms with Crippen LogP contribution in [0.15, 0.2) is 30.7 Å². The number of halogens is 5. The maximum absolute atomic E-state index is 14.1. The number of carbonyl (C=O) groups is 2. The molecule has 2 atom stereocenters. The summed E-state index contributed by atoms with van der Waals surface area (Å²) < 4.78 is 71.7. The monoisotopic (exact) mass is 512 g/mol. The van der Waals surface area contributed by atoms with Crippen molar-refractivity contribution in [2.75, 3.05) is 6.54 Å². The molecular weight excluding hydrogens is 487 g/mol. The van der Waals surface area contributed by atoms with E-state index in [1.54, 1.807) is 20.8 Å². The Morgan fingerprint density at radius 3 is 2.39 bits per heavy atom. The van der Waals surface area contributed by atoms with Gasteiger partial charge in [0, 0.05) is 36.8 Å². The highest BCUT2D eigenvalue weighted by Crippen LogP contribution is 2.66. The molecule has 12 heteroatoms. The summed E-state index contributed by atoms with van der Waals surface area (Å²) in [6, 6.07) is 2.57. The van der Waals surface area contributed by atoms with Gasteiger partial charge in [-0.1, -0.05) is 0 Å². The minimum absolute atomic E-state index is 0.0761. The van der Waals surface area contributed by atoms with E-state index < -0.39 is 46.7 Å². The van der Waals surface area contributed by atoms with Gasteiger partial charge in [0.2, 0.25) is 0 Å². The number of ether oxygens (including phenoxy) is 1. The van der Waals surface area contributed by atoms with E-state index in [0.717, 1.165) is 17.2 Å². The molecule has 0 radical (unpaired) electrons. The molecule has 1 saturated heterocycles. The molecule has 2 fully saturated rings. The highest BCUT2D eigenvalue weighted by atomic mass is 19.4. The lowest BCUT2D eigenvalue weighted by atomic mass is 9.97. The molecule has 1 saturated carbocycles. The average Bonchev–Trinajstić information content (AvgIpc) is 3.10. The number of hydrogen-bond donors (Lipinski definition) is 0. The highest BCUT2D eigenvalue weighted by molar-refractivity contribution is 5.88. The molecule has 2 aromatic rings. The van der Waals surface area contributed by atoms with Crippen LogP contribution in [0.4, 0.5) is 26.7 Å². The minimum Gasteiger partial charge on any atom is -0.444 e. The highest BCUT2D eigenvalue weighted by Gasteiger charge is 2.75. The van der Waals surface area contributed by atoms with Crippen molar-refractivity contribution >= 4 is 11.9 Å². The summed E-state index contributed by atoms with van der Waals surface area (Å²) in [4.78, 5) is 38.4. The number of amides is 1. The third-order valence-corrected chi connectivity index (χ3v) is 6.35. The van der Waals surface area contributed by atoms with Crippen LogP contribution < -0.4 is 0 Å². The number of Topliss-reactive ketones (excluding diaryl/α,β-unsaturated/α-hetero) is 1. The Balaban J connectivity index is 1.45. The van der Waals surface area contributed by atoms with Crippen molar-refractivity contribution in [3.8, 4) is 11.3 Å². The molecule has 1 aliphatic heterocycles. The Bertz CT molecular complexity index is 1160. The number of aromatic nitrogens is 3. The van der Waals surface area contributed by atoms with E-state index in [-0.39, 0.29) is 32.2 Å². The summed E-state index contributed by atoms with van der Waals surface area (Å²) in [6.45, 7) is 4.71. The van der Waals surface area contributed by atoms with Gasteiger partial charge in [-0.3, -0.25) is 14.7 Å². The molecule has 0 N–H and O–H groups in total. The molecular formula is C24H25F5N4O3. The molecule has 2 aromatic heterocycles. The normalized spacial score (nSPS) is 23.1. The van der Waals surface area contributed by atoms with Gasteiger partial charge >= 0.3 is 12.3 Å². The Morgan fingerprint density at radius 1 is 1.14 bits per heavy atom. The molecule has 194 valence electrons. The first-order valence-electron chi connectivity index (χ1n) is 11.3. The van der Waals surface area contributed by atoms with E-state index >= 15 is 0 Å². The fourth-order valence-corrected chi connectivity index (χ4v) is 4.38. The zero-order valence-electron chi connectivity index (χ0n) is 19.9. The number of nitrogens with zero attached hydrogens (tertiary/aromatic N) is 4. The summed E-state index contributed by atoms with van der Waals surface area (Å²) in [5.41, 5.74) is -2.19. The summed E-state index contributed by atoms with van der Waals surface area (Å²) in [6.07, 6.45) is -3.56. The molecule has 0 bridgehead atoms. The van der Waals surface area contributed by atoms with Crippen LogP contribution in [0.1, 0.15) is 51.4 Å². The van der Waals surface area contributed by atoms with Crippen LogP contribution >= 0.6 is 0 Å². The van der Waals surface area contributed by atoms with E-state index in [4.69, 9.17) is 4.74 Å². The summed E-state index contributed by atoms with van der Waals surface area (Å²) >= 11 is 0. The van der Waals surface area contributed by atoms with Crippen molar-refractivity contribution < 1.29 is 36.3 Å². The largest absolute Gasteiger partial charge is 0.444 e. The third-order valence-electron chi connectivity index (χ3n) is 6.35. The second kappa shape index (κ2) is 8.74. The lowest BCUT2D eigenvalue weighted by Crippen LogP contribution is -2.43. The van der Waals surface area contributed by atoms with Gasteiger partial charge < -0.3 is 4.74 Å². The van der Waals surface area contributed by atoms with Crippen LogP contribution in [0.3, 0.4) is 0 Å². The van der Waals surface area contributed by atoms with Gasteiger partial charge in [0.1, 0.15) is 17.6 Å². The van der Waals surface area contributed by atoms with Gasteiger partial charge in [0.05, 0.1) is 17.2 Å². The van der Waals surface area contributed by atoms with Crippen LogP contribution in [0, 0.1) is 5.41 Å². The van der Waals surface area contributed by atoms with Crippen molar-refractivity contribution in [3.05, 3.63) is 42.1 Å². The SMILES string of the molecule is CC(C)(C)OC(=O)N1CC2(C[C@H]1C(=O)CCc1cc(-c3ccc(C(F)(F)F)nc3)ncn1)CC2(F)F. The summed E-state index contributed by atoms with van der Waals surface area (Å²) in [7, 11) is 0. The molecule has 1 spiro atoms. The average molecular weight is 512 g/mol. The molecule has 2 aliphatic rings. The van der Waals surface area contributed by atoms with E-state index in [1.807, 2.05) is 0 Å². The van der Waals surface area contributed by atoms with Crippen LogP contribution in [-0.2, 0) is 22.1 Å². The summed E-state index contributed by atoms with van der Waals surface area (Å²) in [5, 5.41) is 0. The predicted molar refractivity (Wildman–Crippen MR) is 117 cm³/mol. The molecule has 1 unspecified atom stereocenters. The topological polar surface area (TPSA) is 85.3 Å². The maximum Gasteiger partial charge on any atom is 0.433 e. The number of pyridine rings is 1. The van der Waals surface area contributed by atoms with Crippen molar-refractivity contribution in [3.63, 3.8) is 0 Å². The standard InChI is InChI=1S/C24H25F5N4O3/c1-21(2,3)36-20(35)33-12-22(11-23(22,25)26)9-17(33)18(34)6-5-15-8-16(32-13-31-15)14-4-7-19(30-10-14)24(27,28)29/h4,7-8,10,13,17H,5-6,9,11-12H2,1-3H3/t17-,22?/m0/s1. The number of carbonyl (C=O) groups excluding carboxylic acids is 2. The van der Waals surface area contributed by atoms with Crippen LogP contribution in [0.25, 0.3) is 11.3 Å². The maximum atomic E-state index is 14.1. The molecule has 36 heavy (non-hydrogen) atoms. The molecule has 3 heterocycles. The van der Waals surface area contributed by atoms with E-state index in [2.05, 4.69) is 15.0 Å². The summed E-state index contributed by atoms with van der Waals surface area (Å²) in [5.74, 6) is -3.32. The third kappa shape index (κ3) is 5.31. The number of alkyl halides is 5. The fraction of sp³-hybridized carbons (Fsp3) is 0.542. The van der Waals surface area contributed by atoms with Gasteiger partial charge in [-0.2, -0.15) is 13.2 Å². The molecule has 7 nitrogen and oxygen atoms in total. The van der Waals surface area contributed by atoms with Gasteiger partial charge in [-0.05, 0) is 51.8 Å². The first-order chi connectivity index (χ1) is 16.6. The van der Waals surface area contributed by atoms with Crippen LogP contribution in [0.5, 0.6) is 0 Å². The molecule has 1 aliphatic carbocycles. The zero-order chi connectivity index (χ0) is 26.5. The number of likely N-dealkylation sites (tertiary alicyclic amines) is 1. The van der Waals surface area contributed by atoms with Crippen LogP contribution in [-0.4, -0.2) is 55.8 Å². The van der Waals surface area contributed by atoms with Crippen molar-refractivity contribution in [2.45, 2.75) is 70.2 Å². The Hall–Kier alpha value is -3.18.